The highest BCUT2D eigenvalue weighted by molar-refractivity contribution is 6.18. The van der Waals surface area contributed by atoms with E-state index in [9.17, 15) is 0 Å². The molecule has 18 heavy (non-hydrogen) atoms. The highest BCUT2D eigenvalue weighted by Gasteiger charge is 2.13. The predicted molar refractivity (Wildman–Crippen MR) is 72.1 cm³/mol. The van der Waals surface area contributed by atoms with E-state index in [0.717, 1.165) is 42.8 Å². The van der Waals surface area contributed by atoms with Crippen LogP contribution in [0.5, 0.6) is 0 Å². The molecule has 3 rings (SSSR count). The molecule has 1 saturated heterocycles. The summed E-state index contributed by atoms with van der Waals surface area (Å²) in [5, 5.41) is 1.03. The van der Waals surface area contributed by atoms with E-state index >= 15 is 0 Å². The molecule has 0 N–H and O–H groups in total. The number of aromatic nitrogens is 2. The van der Waals surface area contributed by atoms with E-state index in [1.165, 1.54) is 5.69 Å². The van der Waals surface area contributed by atoms with Crippen LogP contribution < -0.4 is 4.90 Å². The van der Waals surface area contributed by atoms with Gasteiger partial charge in [-0.25, -0.2) is 9.97 Å². The van der Waals surface area contributed by atoms with Crippen molar-refractivity contribution < 1.29 is 4.74 Å². The number of hydrogen-bond acceptors (Lipinski definition) is 4. The minimum absolute atomic E-state index is 0.474. The minimum atomic E-state index is 0.474. The highest BCUT2D eigenvalue weighted by Crippen LogP contribution is 2.26. The van der Waals surface area contributed by atoms with Gasteiger partial charge in [-0.3, -0.25) is 0 Å². The van der Waals surface area contributed by atoms with Crippen LogP contribution in [0.4, 0.5) is 5.69 Å². The molecule has 1 aliphatic rings. The third kappa shape index (κ3) is 2.13. The summed E-state index contributed by atoms with van der Waals surface area (Å²) >= 11 is 6.02. The number of alkyl halides is 1. The van der Waals surface area contributed by atoms with Gasteiger partial charge in [-0.1, -0.05) is 0 Å². The molecule has 0 spiro atoms. The molecule has 0 radical (unpaired) electrons. The fourth-order valence-corrected chi connectivity index (χ4v) is 2.48. The molecule has 1 fully saturated rings. The van der Waals surface area contributed by atoms with Gasteiger partial charge in [-0.2, -0.15) is 0 Å². The van der Waals surface area contributed by atoms with Crippen LogP contribution >= 0.6 is 11.6 Å². The van der Waals surface area contributed by atoms with Gasteiger partial charge in [0, 0.05) is 36.2 Å². The summed E-state index contributed by atoms with van der Waals surface area (Å²) in [5.41, 5.74) is 3.20. The number of ether oxygens (including phenoxy) is 1. The lowest BCUT2D eigenvalue weighted by atomic mass is 10.1. The smallest absolute Gasteiger partial charge is 0.116 e. The van der Waals surface area contributed by atoms with E-state index in [2.05, 4.69) is 27.0 Å². The van der Waals surface area contributed by atoms with Crippen molar-refractivity contribution in [2.45, 2.75) is 5.88 Å². The number of fused-ring (bicyclic) bond motifs is 1. The van der Waals surface area contributed by atoms with Gasteiger partial charge in [-0.05, 0) is 17.7 Å². The van der Waals surface area contributed by atoms with Gasteiger partial charge < -0.3 is 9.64 Å². The summed E-state index contributed by atoms with van der Waals surface area (Å²) in [4.78, 5) is 10.7. The molecule has 4 nitrogen and oxygen atoms in total. The maximum Gasteiger partial charge on any atom is 0.116 e. The molecule has 0 unspecified atom stereocenters. The summed E-state index contributed by atoms with van der Waals surface area (Å²) in [6.07, 6.45) is 3.40. The molecule has 2 aromatic rings. The van der Waals surface area contributed by atoms with Gasteiger partial charge in [0.1, 0.15) is 6.33 Å². The highest BCUT2D eigenvalue weighted by atomic mass is 35.5. The number of nitrogens with zero attached hydrogens (tertiary/aromatic N) is 3. The van der Waals surface area contributed by atoms with Gasteiger partial charge in [0.05, 0.1) is 18.7 Å². The number of rotatable bonds is 2. The van der Waals surface area contributed by atoms with Crippen molar-refractivity contribution in [2.75, 3.05) is 31.2 Å². The van der Waals surface area contributed by atoms with Crippen LogP contribution in [-0.2, 0) is 10.6 Å². The third-order valence-electron chi connectivity index (χ3n) is 3.22. The van der Waals surface area contributed by atoms with Crippen LogP contribution in [0.2, 0.25) is 0 Å². The van der Waals surface area contributed by atoms with Crippen molar-refractivity contribution in [3.8, 4) is 0 Å². The SMILES string of the molecule is ClCc1cc(N2CCOCC2)cc2ncncc12. The van der Waals surface area contributed by atoms with Crippen molar-refractivity contribution in [1.29, 1.82) is 0 Å². The monoisotopic (exact) mass is 263 g/mol. The summed E-state index contributed by atoms with van der Waals surface area (Å²) in [7, 11) is 0. The number of hydrogen-bond donors (Lipinski definition) is 0. The lowest BCUT2D eigenvalue weighted by molar-refractivity contribution is 0.122. The average molecular weight is 264 g/mol. The standard InChI is InChI=1S/C13H14ClN3O/c14-7-10-5-11(17-1-3-18-4-2-17)6-13-12(10)8-15-9-16-13/h5-6,8-9H,1-4,7H2. The Kier molecular flexibility index (Phi) is 3.30. The van der Waals surface area contributed by atoms with Crippen molar-refractivity contribution in [3.63, 3.8) is 0 Å². The van der Waals surface area contributed by atoms with Crippen LogP contribution in [-0.4, -0.2) is 36.3 Å². The summed E-state index contributed by atoms with van der Waals surface area (Å²) in [6, 6.07) is 4.22. The number of halogens is 1. The van der Waals surface area contributed by atoms with Crippen molar-refractivity contribution in [1.82, 2.24) is 9.97 Å². The Morgan fingerprint density at radius 2 is 2.11 bits per heavy atom. The molecular weight excluding hydrogens is 250 g/mol. The van der Waals surface area contributed by atoms with E-state index in [0.29, 0.717) is 5.88 Å². The molecule has 0 bridgehead atoms. The normalized spacial score (nSPS) is 16.2. The third-order valence-corrected chi connectivity index (χ3v) is 3.50. The topological polar surface area (TPSA) is 38.2 Å². The van der Waals surface area contributed by atoms with Crippen LogP contribution in [0.3, 0.4) is 0 Å². The Bertz CT molecular complexity index is 555. The zero-order valence-corrected chi connectivity index (χ0v) is 10.7. The maximum absolute atomic E-state index is 6.02. The van der Waals surface area contributed by atoms with E-state index in [1.807, 2.05) is 6.20 Å². The molecule has 2 heterocycles. The largest absolute Gasteiger partial charge is 0.378 e. The molecule has 94 valence electrons. The van der Waals surface area contributed by atoms with Gasteiger partial charge in [0.2, 0.25) is 0 Å². The van der Waals surface area contributed by atoms with Crippen molar-refractivity contribution in [3.05, 3.63) is 30.2 Å². The molecule has 1 aromatic heterocycles. The second-order valence-electron chi connectivity index (χ2n) is 4.29. The van der Waals surface area contributed by atoms with E-state index in [1.54, 1.807) is 6.33 Å². The zero-order chi connectivity index (χ0) is 12.4. The lowest BCUT2D eigenvalue weighted by Gasteiger charge is -2.29. The first-order valence-electron chi connectivity index (χ1n) is 6.00. The molecule has 0 saturated carbocycles. The second-order valence-corrected chi connectivity index (χ2v) is 4.56. The predicted octanol–water partition coefficient (Wildman–Crippen LogP) is 2.21. The summed E-state index contributed by atoms with van der Waals surface area (Å²) < 4.78 is 5.37. The minimum Gasteiger partial charge on any atom is -0.378 e. The van der Waals surface area contributed by atoms with Gasteiger partial charge in [-0.15, -0.1) is 11.6 Å². The van der Waals surface area contributed by atoms with Gasteiger partial charge >= 0.3 is 0 Å². The molecule has 0 amide bonds. The summed E-state index contributed by atoms with van der Waals surface area (Å²) in [6.45, 7) is 3.38. The Morgan fingerprint density at radius 1 is 1.28 bits per heavy atom. The average Bonchev–Trinajstić information content (AvgIpc) is 2.47. The Labute approximate surface area is 111 Å². The van der Waals surface area contributed by atoms with Gasteiger partial charge in [0.15, 0.2) is 0 Å². The number of anilines is 1. The zero-order valence-electron chi connectivity index (χ0n) is 9.97. The lowest BCUT2D eigenvalue weighted by Crippen LogP contribution is -2.36. The van der Waals surface area contributed by atoms with Crippen LogP contribution in [0.25, 0.3) is 10.9 Å². The van der Waals surface area contributed by atoms with E-state index in [4.69, 9.17) is 16.3 Å². The van der Waals surface area contributed by atoms with E-state index < -0.39 is 0 Å². The number of benzene rings is 1. The first-order valence-corrected chi connectivity index (χ1v) is 6.53. The van der Waals surface area contributed by atoms with E-state index in [-0.39, 0.29) is 0 Å². The fraction of sp³-hybridized carbons (Fsp3) is 0.385. The number of morpholine rings is 1. The quantitative estimate of drug-likeness (QED) is 0.779. The van der Waals surface area contributed by atoms with Crippen molar-refractivity contribution >= 4 is 28.2 Å². The first-order chi connectivity index (χ1) is 8.88. The summed E-state index contributed by atoms with van der Waals surface area (Å²) in [5.74, 6) is 0.474. The Hall–Kier alpha value is -1.39. The molecule has 0 aliphatic carbocycles. The van der Waals surface area contributed by atoms with Crippen LogP contribution in [0, 0.1) is 0 Å². The second kappa shape index (κ2) is 5.08. The first kappa shape index (κ1) is 11.7. The maximum atomic E-state index is 6.02. The molecular formula is C13H14ClN3O. The molecule has 0 atom stereocenters. The molecule has 5 heteroatoms. The Morgan fingerprint density at radius 3 is 2.89 bits per heavy atom. The fourth-order valence-electron chi connectivity index (χ4n) is 2.25. The van der Waals surface area contributed by atoms with Crippen LogP contribution in [0.1, 0.15) is 5.56 Å². The van der Waals surface area contributed by atoms with Crippen LogP contribution in [0.15, 0.2) is 24.7 Å². The van der Waals surface area contributed by atoms with Crippen molar-refractivity contribution in [2.24, 2.45) is 0 Å². The molecule has 1 aromatic carbocycles. The Balaban J connectivity index is 2.07. The molecule has 1 aliphatic heterocycles. The van der Waals surface area contributed by atoms with Gasteiger partial charge in [0.25, 0.3) is 0 Å².